The highest BCUT2D eigenvalue weighted by Gasteiger charge is 2.49. The first kappa shape index (κ1) is 24.4. The Morgan fingerprint density at radius 3 is 2.21 bits per heavy atom. The van der Waals surface area contributed by atoms with Crippen LogP contribution in [-0.4, -0.2) is 35.8 Å². The Balaban J connectivity index is 1.61. The van der Waals surface area contributed by atoms with Crippen LogP contribution in [-0.2, 0) is 27.0 Å². The average molecular weight is 454 g/mol. The fraction of sp³-hybridized carbons (Fsp3) is 0.423. The number of imide groups is 1. The molecule has 1 atom stereocenters. The Morgan fingerprint density at radius 1 is 1.09 bits per heavy atom. The fourth-order valence-corrected chi connectivity index (χ4v) is 4.17. The van der Waals surface area contributed by atoms with Gasteiger partial charge in [-0.3, -0.25) is 14.5 Å². The highest BCUT2D eigenvalue weighted by atomic mass is 19.1. The second-order valence-electron chi connectivity index (χ2n) is 9.89. The molecule has 2 aromatic carbocycles. The third kappa shape index (κ3) is 5.07. The highest BCUT2D eigenvalue weighted by Crippen LogP contribution is 2.29. The molecule has 33 heavy (non-hydrogen) atoms. The van der Waals surface area contributed by atoms with E-state index in [0.29, 0.717) is 18.5 Å². The summed E-state index contributed by atoms with van der Waals surface area (Å²) in [4.78, 5) is 38.7. The van der Waals surface area contributed by atoms with Gasteiger partial charge in [0.1, 0.15) is 17.9 Å². The van der Waals surface area contributed by atoms with Gasteiger partial charge < -0.3 is 10.6 Å². The maximum Gasteiger partial charge on any atom is 0.325 e. The number of nitrogens with one attached hydrogen (secondary N) is 2. The number of amides is 4. The van der Waals surface area contributed by atoms with E-state index in [-0.39, 0.29) is 12.0 Å². The second-order valence-corrected chi connectivity index (χ2v) is 9.89. The van der Waals surface area contributed by atoms with Crippen molar-refractivity contribution in [3.63, 3.8) is 0 Å². The Labute approximate surface area is 194 Å². The van der Waals surface area contributed by atoms with E-state index in [1.165, 1.54) is 46.5 Å². The zero-order chi connectivity index (χ0) is 24.6. The van der Waals surface area contributed by atoms with E-state index in [4.69, 9.17) is 0 Å². The summed E-state index contributed by atoms with van der Waals surface area (Å²) in [6.07, 6.45) is 0.654. The van der Waals surface area contributed by atoms with Crippen molar-refractivity contribution in [1.82, 2.24) is 15.5 Å². The molecule has 4 amide bonds. The predicted molar refractivity (Wildman–Crippen MR) is 125 cm³/mol. The van der Waals surface area contributed by atoms with Crippen LogP contribution in [0.4, 0.5) is 9.18 Å². The van der Waals surface area contributed by atoms with Crippen molar-refractivity contribution in [2.24, 2.45) is 0 Å². The molecular weight excluding hydrogens is 421 g/mol. The van der Waals surface area contributed by atoms with Gasteiger partial charge in [0.2, 0.25) is 5.91 Å². The maximum absolute atomic E-state index is 13.2. The van der Waals surface area contributed by atoms with Gasteiger partial charge in [0, 0.05) is 6.54 Å². The predicted octanol–water partition coefficient (Wildman–Crippen LogP) is 3.87. The first-order valence-corrected chi connectivity index (χ1v) is 11.1. The van der Waals surface area contributed by atoms with Crippen LogP contribution < -0.4 is 10.6 Å². The summed E-state index contributed by atoms with van der Waals surface area (Å²) in [7, 11) is 0. The molecule has 6 nitrogen and oxygen atoms in total. The number of aryl methyl sites for hydroxylation is 2. The van der Waals surface area contributed by atoms with Crippen LogP contribution in [0.5, 0.6) is 0 Å². The molecule has 1 fully saturated rings. The standard InChI is InChI=1S/C26H32FN3O3/c1-16-13-19(25(3,4)5)14-17(2)21(16)11-12-28-22(31)15-30-23(32)26(6,29-24(30)33)18-7-9-20(27)10-8-18/h7-10,13-14H,11-12,15H2,1-6H3,(H,28,31)(H,29,33). The number of nitrogens with zero attached hydrogens (tertiary/aromatic N) is 1. The van der Waals surface area contributed by atoms with Crippen LogP contribution in [0.1, 0.15) is 55.5 Å². The maximum atomic E-state index is 13.2. The van der Waals surface area contributed by atoms with Gasteiger partial charge in [0.05, 0.1) is 0 Å². The summed E-state index contributed by atoms with van der Waals surface area (Å²) in [5, 5.41) is 5.43. The van der Waals surface area contributed by atoms with E-state index in [9.17, 15) is 18.8 Å². The molecule has 1 saturated heterocycles. The third-order valence-corrected chi connectivity index (χ3v) is 6.26. The highest BCUT2D eigenvalue weighted by molar-refractivity contribution is 6.09. The second kappa shape index (κ2) is 8.96. The van der Waals surface area contributed by atoms with Crippen molar-refractivity contribution in [3.05, 3.63) is 70.0 Å². The molecule has 1 aliphatic heterocycles. The number of carbonyl (C=O) groups is 3. The van der Waals surface area contributed by atoms with Crippen LogP contribution in [0, 0.1) is 19.7 Å². The largest absolute Gasteiger partial charge is 0.354 e. The number of halogens is 1. The van der Waals surface area contributed by atoms with E-state index in [1.54, 1.807) is 6.92 Å². The number of benzene rings is 2. The number of hydrogen-bond donors (Lipinski definition) is 2. The molecule has 0 radical (unpaired) electrons. The minimum absolute atomic E-state index is 0.0630. The van der Waals surface area contributed by atoms with E-state index in [0.717, 1.165) is 4.90 Å². The van der Waals surface area contributed by atoms with Crippen molar-refractivity contribution in [2.45, 2.75) is 58.9 Å². The van der Waals surface area contributed by atoms with Gasteiger partial charge in [-0.05, 0) is 72.6 Å². The Kier molecular flexibility index (Phi) is 6.63. The number of carbonyl (C=O) groups excluding carboxylic acids is 3. The molecular formula is C26H32FN3O3. The topological polar surface area (TPSA) is 78.5 Å². The molecule has 1 heterocycles. The van der Waals surface area contributed by atoms with E-state index in [2.05, 4.69) is 57.4 Å². The fourth-order valence-electron chi connectivity index (χ4n) is 4.17. The Morgan fingerprint density at radius 2 is 1.67 bits per heavy atom. The minimum Gasteiger partial charge on any atom is -0.354 e. The smallest absolute Gasteiger partial charge is 0.325 e. The molecule has 1 aliphatic rings. The quantitative estimate of drug-likeness (QED) is 0.652. The molecule has 1 unspecified atom stereocenters. The van der Waals surface area contributed by atoms with Gasteiger partial charge in [-0.2, -0.15) is 0 Å². The lowest BCUT2D eigenvalue weighted by atomic mass is 9.83. The molecule has 2 N–H and O–H groups in total. The summed E-state index contributed by atoms with van der Waals surface area (Å²) >= 11 is 0. The first-order chi connectivity index (χ1) is 15.3. The lowest BCUT2D eigenvalue weighted by Gasteiger charge is -2.23. The van der Waals surface area contributed by atoms with Crippen LogP contribution in [0.25, 0.3) is 0 Å². The summed E-state index contributed by atoms with van der Waals surface area (Å²) in [5.74, 6) is -1.39. The van der Waals surface area contributed by atoms with E-state index in [1.807, 2.05) is 0 Å². The normalized spacial score (nSPS) is 18.5. The zero-order valence-electron chi connectivity index (χ0n) is 20.1. The van der Waals surface area contributed by atoms with Crippen molar-refractivity contribution >= 4 is 17.8 Å². The number of urea groups is 1. The van der Waals surface area contributed by atoms with Crippen molar-refractivity contribution < 1.29 is 18.8 Å². The van der Waals surface area contributed by atoms with Gasteiger partial charge in [0.25, 0.3) is 5.91 Å². The third-order valence-electron chi connectivity index (χ3n) is 6.26. The van der Waals surface area contributed by atoms with Gasteiger partial charge in [0.15, 0.2) is 0 Å². The molecule has 0 spiro atoms. The Bertz CT molecular complexity index is 1070. The average Bonchev–Trinajstić information content (AvgIpc) is 2.93. The lowest BCUT2D eigenvalue weighted by Crippen LogP contribution is -2.43. The summed E-state index contributed by atoms with van der Waals surface area (Å²) in [6.45, 7) is 12.3. The number of rotatable bonds is 6. The molecule has 176 valence electrons. The van der Waals surface area contributed by atoms with Gasteiger partial charge in [-0.15, -0.1) is 0 Å². The van der Waals surface area contributed by atoms with E-state index >= 15 is 0 Å². The monoisotopic (exact) mass is 453 g/mol. The zero-order valence-corrected chi connectivity index (χ0v) is 20.1. The van der Waals surface area contributed by atoms with Gasteiger partial charge >= 0.3 is 6.03 Å². The van der Waals surface area contributed by atoms with Crippen molar-refractivity contribution in [2.75, 3.05) is 13.1 Å². The van der Waals surface area contributed by atoms with Crippen LogP contribution >= 0.6 is 0 Å². The van der Waals surface area contributed by atoms with Crippen LogP contribution in [0.15, 0.2) is 36.4 Å². The molecule has 0 saturated carbocycles. The first-order valence-electron chi connectivity index (χ1n) is 11.1. The van der Waals surface area contributed by atoms with Crippen LogP contribution in [0.3, 0.4) is 0 Å². The van der Waals surface area contributed by atoms with Crippen molar-refractivity contribution in [3.8, 4) is 0 Å². The summed E-state index contributed by atoms with van der Waals surface area (Å²) in [5.41, 5.74) is 3.99. The molecule has 2 aromatic rings. The van der Waals surface area contributed by atoms with Gasteiger partial charge in [-0.25, -0.2) is 9.18 Å². The summed E-state index contributed by atoms with van der Waals surface area (Å²) in [6, 6.07) is 9.09. The molecule has 0 bridgehead atoms. The summed E-state index contributed by atoms with van der Waals surface area (Å²) < 4.78 is 13.2. The minimum atomic E-state index is -1.34. The molecule has 0 aliphatic carbocycles. The molecule has 0 aromatic heterocycles. The molecule has 7 heteroatoms. The van der Waals surface area contributed by atoms with Crippen LogP contribution in [0.2, 0.25) is 0 Å². The molecule has 3 rings (SSSR count). The SMILES string of the molecule is Cc1cc(C(C)(C)C)cc(C)c1CCNC(=O)CN1C(=O)NC(C)(c2ccc(F)cc2)C1=O. The number of hydrogen-bond acceptors (Lipinski definition) is 3. The van der Waals surface area contributed by atoms with E-state index < -0.39 is 29.2 Å². The van der Waals surface area contributed by atoms with Gasteiger partial charge in [-0.1, -0.05) is 45.0 Å². The Hall–Kier alpha value is -3.22. The van der Waals surface area contributed by atoms with Crippen molar-refractivity contribution in [1.29, 1.82) is 0 Å². The lowest BCUT2D eigenvalue weighted by molar-refractivity contribution is -0.134.